The molecule has 0 amide bonds. The maximum Gasteiger partial charge on any atom is 0.387 e. The first kappa shape index (κ1) is 17.4. The summed E-state index contributed by atoms with van der Waals surface area (Å²) in [6.45, 7) is 2.77. The molecule has 2 aliphatic rings. The summed E-state index contributed by atoms with van der Waals surface area (Å²) in [6.07, 6.45) is 2.45. The Balaban J connectivity index is 0.00000176. The van der Waals surface area contributed by atoms with E-state index in [1.54, 1.807) is 12.1 Å². The Morgan fingerprint density at radius 2 is 1.95 bits per heavy atom. The Labute approximate surface area is 136 Å². The van der Waals surface area contributed by atoms with Gasteiger partial charge in [0.1, 0.15) is 5.75 Å². The lowest BCUT2D eigenvalue weighted by Gasteiger charge is -2.38. The molecular formula is C16H23ClF2N2O. The van der Waals surface area contributed by atoms with Crippen molar-refractivity contribution in [2.75, 3.05) is 19.6 Å². The third-order valence-corrected chi connectivity index (χ3v) is 4.82. The molecule has 0 radical (unpaired) electrons. The van der Waals surface area contributed by atoms with E-state index in [1.807, 2.05) is 12.1 Å². The van der Waals surface area contributed by atoms with Gasteiger partial charge >= 0.3 is 6.61 Å². The van der Waals surface area contributed by atoms with Gasteiger partial charge in [0.25, 0.3) is 0 Å². The molecule has 1 N–H and O–H groups in total. The summed E-state index contributed by atoms with van der Waals surface area (Å²) in [6, 6.07) is 8.04. The third kappa shape index (κ3) is 3.89. The summed E-state index contributed by atoms with van der Waals surface area (Å²) < 4.78 is 28.7. The molecule has 3 nitrogen and oxygen atoms in total. The minimum atomic E-state index is -2.76. The fourth-order valence-corrected chi connectivity index (χ4v) is 3.57. The van der Waals surface area contributed by atoms with Crippen molar-refractivity contribution in [2.45, 2.75) is 38.5 Å². The number of hydrogen-bond acceptors (Lipinski definition) is 3. The average Bonchev–Trinajstić information content (AvgIpc) is 2.94. The lowest BCUT2D eigenvalue weighted by atomic mass is 9.91. The number of benzene rings is 1. The number of piperidine rings is 1. The van der Waals surface area contributed by atoms with Crippen LogP contribution >= 0.6 is 12.4 Å². The van der Waals surface area contributed by atoms with Crippen molar-refractivity contribution >= 4 is 12.4 Å². The van der Waals surface area contributed by atoms with Gasteiger partial charge in [-0.25, -0.2) is 0 Å². The number of nitrogens with zero attached hydrogens (tertiary/aromatic N) is 1. The quantitative estimate of drug-likeness (QED) is 0.914. The number of hydrogen-bond donors (Lipinski definition) is 1. The monoisotopic (exact) mass is 332 g/mol. The van der Waals surface area contributed by atoms with Gasteiger partial charge < -0.3 is 10.1 Å². The molecule has 3 rings (SSSR count). The maximum absolute atomic E-state index is 12.2. The fraction of sp³-hybridized carbons (Fsp3) is 0.625. The molecule has 2 saturated heterocycles. The van der Waals surface area contributed by atoms with Crippen molar-refractivity contribution < 1.29 is 13.5 Å². The van der Waals surface area contributed by atoms with Crippen molar-refractivity contribution in [1.29, 1.82) is 0 Å². The van der Waals surface area contributed by atoms with Crippen LogP contribution in [-0.2, 0) is 0 Å². The number of likely N-dealkylation sites (tertiary alicyclic amines) is 1. The van der Waals surface area contributed by atoms with Crippen molar-refractivity contribution in [3.05, 3.63) is 29.8 Å². The van der Waals surface area contributed by atoms with E-state index in [0.29, 0.717) is 12.1 Å². The first-order valence-electron chi connectivity index (χ1n) is 7.65. The highest BCUT2D eigenvalue weighted by molar-refractivity contribution is 5.85. The van der Waals surface area contributed by atoms with Gasteiger partial charge in [0, 0.05) is 25.2 Å². The van der Waals surface area contributed by atoms with Crippen LogP contribution in [0, 0.1) is 5.92 Å². The number of nitrogens with one attached hydrogen (secondary N) is 1. The molecule has 0 aromatic heterocycles. The summed E-state index contributed by atoms with van der Waals surface area (Å²) in [7, 11) is 0. The molecule has 22 heavy (non-hydrogen) atoms. The van der Waals surface area contributed by atoms with E-state index in [1.165, 1.54) is 12.8 Å². The molecule has 6 heteroatoms. The third-order valence-electron chi connectivity index (χ3n) is 4.82. The zero-order valence-electron chi connectivity index (χ0n) is 12.7. The number of ether oxygens (including phenoxy) is 1. The predicted octanol–water partition coefficient (Wildman–Crippen LogP) is 3.45. The van der Waals surface area contributed by atoms with Gasteiger partial charge in [-0.05, 0) is 49.9 Å². The van der Waals surface area contributed by atoms with Gasteiger partial charge in [-0.3, -0.25) is 4.90 Å². The Morgan fingerprint density at radius 1 is 1.23 bits per heavy atom. The Morgan fingerprint density at radius 3 is 2.64 bits per heavy atom. The van der Waals surface area contributed by atoms with E-state index in [2.05, 4.69) is 21.9 Å². The first-order chi connectivity index (χ1) is 10.1. The minimum Gasteiger partial charge on any atom is -0.435 e. The molecule has 2 heterocycles. The topological polar surface area (TPSA) is 24.5 Å². The lowest BCUT2D eigenvalue weighted by molar-refractivity contribution is -0.0498. The summed E-state index contributed by atoms with van der Waals surface area (Å²) in [4.78, 5) is 2.50. The van der Waals surface area contributed by atoms with Crippen LogP contribution in [0.2, 0.25) is 0 Å². The molecule has 0 aliphatic carbocycles. The van der Waals surface area contributed by atoms with Gasteiger partial charge in [-0.1, -0.05) is 12.1 Å². The summed E-state index contributed by atoms with van der Waals surface area (Å²) in [5, 5.41) is 3.57. The lowest BCUT2D eigenvalue weighted by Crippen LogP contribution is -2.45. The van der Waals surface area contributed by atoms with Gasteiger partial charge in [-0.2, -0.15) is 8.78 Å². The van der Waals surface area contributed by atoms with Crippen LogP contribution in [0.4, 0.5) is 8.78 Å². The summed E-state index contributed by atoms with van der Waals surface area (Å²) in [5.41, 5.74) is 1.15. The minimum absolute atomic E-state index is 0. The standard InChI is InChI=1S/C16H22F2N2O.ClH/c1-11(12-2-4-14(5-3-12)21-16(17)18)20-9-7-15-13(10-20)6-8-19-15;/h2-5,11,13,15-16,19H,6-10H2,1H3;1H. The summed E-state index contributed by atoms with van der Waals surface area (Å²) >= 11 is 0. The van der Waals surface area contributed by atoms with Gasteiger partial charge in [0.2, 0.25) is 0 Å². The second kappa shape index (κ2) is 7.57. The van der Waals surface area contributed by atoms with E-state index in [-0.39, 0.29) is 18.2 Å². The first-order valence-corrected chi connectivity index (χ1v) is 7.65. The van der Waals surface area contributed by atoms with E-state index in [4.69, 9.17) is 0 Å². The molecule has 1 aromatic rings. The van der Waals surface area contributed by atoms with Crippen molar-refractivity contribution in [3.8, 4) is 5.75 Å². The molecule has 0 saturated carbocycles. The SMILES string of the molecule is CC(c1ccc(OC(F)F)cc1)N1CCC2NCCC2C1.Cl. The number of halogens is 3. The Kier molecular flexibility index (Phi) is 6.01. The zero-order valence-corrected chi connectivity index (χ0v) is 13.5. The van der Waals surface area contributed by atoms with Gasteiger partial charge in [0.05, 0.1) is 0 Å². The molecule has 124 valence electrons. The number of alkyl halides is 2. The van der Waals surface area contributed by atoms with Crippen LogP contribution in [0.3, 0.4) is 0 Å². The molecule has 0 bridgehead atoms. The highest BCUT2D eigenvalue weighted by atomic mass is 35.5. The molecule has 3 atom stereocenters. The van der Waals surface area contributed by atoms with Crippen LogP contribution in [0.25, 0.3) is 0 Å². The van der Waals surface area contributed by atoms with Crippen LogP contribution in [-0.4, -0.2) is 37.2 Å². The predicted molar refractivity (Wildman–Crippen MR) is 84.8 cm³/mol. The largest absolute Gasteiger partial charge is 0.435 e. The molecule has 2 aliphatic heterocycles. The molecule has 3 unspecified atom stereocenters. The highest BCUT2D eigenvalue weighted by Gasteiger charge is 2.34. The van der Waals surface area contributed by atoms with Crippen molar-refractivity contribution in [1.82, 2.24) is 10.2 Å². The molecule has 0 spiro atoms. The van der Waals surface area contributed by atoms with Crippen molar-refractivity contribution in [3.63, 3.8) is 0 Å². The van der Waals surface area contributed by atoms with E-state index >= 15 is 0 Å². The van der Waals surface area contributed by atoms with E-state index in [0.717, 1.165) is 31.1 Å². The van der Waals surface area contributed by atoms with Crippen molar-refractivity contribution in [2.24, 2.45) is 5.92 Å². The summed E-state index contributed by atoms with van der Waals surface area (Å²) in [5.74, 6) is 0.974. The Hall–Kier alpha value is -0.910. The van der Waals surface area contributed by atoms with Crippen LogP contribution in [0.1, 0.15) is 31.4 Å². The maximum atomic E-state index is 12.2. The second-order valence-corrected chi connectivity index (χ2v) is 6.02. The zero-order chi connectivity index (χ0) is 14.8. The van der Waals surface area contributed by atoms with E-state index < -0.39 is 6.61 Å². The molecular weight excluding hydrogens is 310 g/mol. The molecule has 1 aromatic carbocycles. The molecule has 2 fully saturated rings. The normalized spacial score (nSPS) is 26.4. The highest BCUT2D eigenvalue weighted by Crippen LogP contribution is 2.31. The second-order valence-electron chi connectivity index (χ2n) is 6.02. The van der Waals surface area contributed by atoms with Crippen LogP contribution < -0.4 is 10.1 Å². The fourth-order valence-electron chi connectivity index (χ4n) is 3.57. The van der Waals surface area contributed by atoms with Crippen LogP contribution in [0.5, 0.6) is 5.75 Å². The van der Waals surface area contributed by atoms with Crippen LogP contribution in [0.15, 0.2) is 24.3 Å². The number of rotatable bonds is 4. The van der Waals surface area contributed by atoms with Gasteiger partial charge in [0.15, 0.2) is 0 Å². The smallest absolute Gasteiger partial charge is 0.387 e. The number of fused-ring (bicyclic) bond motifs is 1. The van der Waals surface area contributed by atoms with E-state index in [9.17, 15) is 8.78 Å². The average molecular weight is 333 g/mol. The van der Waals surface area contributed by atoms with Gasteiger partial charge in [-0.15, -0.1) is 12.4 Å². The Bertz CT molecular complexity index is 472.